The number of nitrogens with one attached hydrogen (secondary N) is 1. The number of alkyl halides is 2. The smallest absolute Gasteiger partial charge is 0.277 e. The van der Waals surface area contributed by atoms with Gasteiger partial charge in [0.1, 0.15) is 0 Å². The molecule has 0 heterocycles. The van der Waals surface area contributed by atoms with Gasteiger partial charge in [-0.3, -0.25) is 4.79 Å². The SMILES string of the molecule is NCC(F)(F)CNC(=O)c1c(Cl)cccc1Cl. The van der Waals surface area contributed by atoms with Gasteiger partial charge in [0.15, 0.2) is 0 Å². The van der Waals surface area contributed by atoms with Crippen molar-refractivity contribution in [2.75, 3.05) is 13.1 Å². The largest absolute Gasteiger partial charge is 0.346 e. The van der Waals surface area contributed by atoms with E-state index in [1.165, 1.54) is 12.1 Å². The van der Waals surface area contributed by atoms with Gasteiger partial charge in [-0.25, -0.2) is 8.78 Å². The van der Waals surface area contributed by atoms with Crippen molar-refractivity contribution in [1.29, 1.82) is 0 Å². The van der Waals surface area contributed by atoms with Crippen molar-refractivity contribution in [2.45, 2.75) is 5.92 Å². The molecule has 1 aromatic rings. The zero-order valence-corrected chi connectivity index (χ0v) is 10.2. The molecule has 1 aromatic carbocycles. The molecule has 0 fully saturated rings. The van der Waals surface area contributed by atoms with Crippen LogP contribution in [-0.4, -0.2) is 24.9 Å². The van der Waals surface area contributed by atoms with E-state index in [2.05, 4.69) is 0 Å². The van der Waals surface area contributed by atoms with E-state index in [0.717, 1.165) is 0 Å². The molecule has 0 bridgehead atoms. The summed E-state index contributed by atoms with van der Waals surface area (Å²) in [6, 6.07) is 4.45. The number of hydrogen-bond acceptors (Lipinski definition) is 2. The van der Waals surface area contributed by atoms with Crippen LogP contribution in [0.1, 0.15) is 10.4 Å². The summed E-state index contributed by atoms with van der Waals surface area (Å²) in [4.78, 5) is 11.6. The average Bonchev–Trinajstić information content (AvgIpc) is 2.26. The van der Waals surface area contributed by atoms with E-state index in [1.807, 2.05) is 5.32 Å². The molecule has 0 saturated heterocycles. The highest BCUT2D eigenvalue weighted by atomic mass is 35.5. The zero-order chi connectivity index (χ0) is 13.1. The molecule has 0 atom stereocenters. The summed E-state index contributed by atoms with van der Waals surface area (Å²) in [5.74, 6) is -3.91. The molecule has 0 aliphatic heterocycles. The van der Waals surface area contributed by atoms with E-state index in [1.54, 1.807) is 6.07 Å². The molecule has 0 aromatic heterocycles. The van der Waals surface area contributed by atoms with Gasteiger partial charge < -0.3 is 11.1 Å². The van der Waals surface area contributed by atoms with Crippen LogP contribution in [0.3, 0.4) is 0 Å². The van der Waals surface area contributed by atoms with Crippen LogP contribution in [0.5, 0.6) is 0 Å². The molecular weight excluding hydrogens is 273 g/mol. The lowest BCUT2D eigenvalue weighted by atomic mass is 10.2. The van der Waals surface area contributed by atoms with Crippen LogP contribution < -0.4 is 11.1 Å². The maximum Gasteiger partial charge on any atom is 0.277 e. The number of carbonyl (C=O) groups is 1. The molecule has 17 heavy (non-hydrogen) atoms. The third-order valence-electron chi connectivity index (χ3n) is 2.00. The zero-order valence-electron chi connectivity index (χ0n) is 8.64. The van der Waals surface area contributed by atoms with Crippen LogP contribution in [-0.2, 0) is 0 Å². The van der Waals surface area contributed by atoms with Crippen LogP contribution in [0, 0.1) is 0 Å². The summed E-state index contributed by atoms with van der Waals surface area (Å²) < 4.78 is 25.6. The molecular formula is C10H10Cl2F2N2O. The number of benzene rings is 1. The van der Waals surface area contributed by atoms with E-state index in [-0.39, 0.29) is 15.6 Å². The fourth-order valence-corrected chi connectivity index (χ4v) is 1.65. The molecule has 7 heteroatoms. The fourth-order valence-electron chi connectivity index (χ4n) is 1.08. The Hall–Kier alpha value is -0.910. The molecule has 0 aliphatic carbocycles. The second kappa shape index (κ2) is 5.62. The van der Waals surface area contributed by atoms with Crippen molar-refractivity contribution in [3.63, 3.8) is 0 Å². The van der Waals surface area contributed by atoms with Gasteiger partial charge in [-0.15, -0.1) is 0 Å². The minimum absolute atomic E-state index is 0.0244. The van der Waals surface area contributed by atoms with Crippen LogP contribution in [0.15, 0.2) is 18.2 Å². The van der Waals surface area contributed by atoms with E-state index >= 15 is 0 Å². The maximum atomic E-state index is 12.8. The summed E-state index contributed by atoms with van der Waals surface area (Å²) in [6.45, 7) is -1.70. The van der Waals surface area contributed by atoms with Gasteiger partial charge in [-0.2, -0.15) is 0 Å². The first-order chi connectivity index (χ1) is 7.87. The third-order valence-corrected chi connectivity index (χ3v) is 2.63. The molecule has 3 nitrogen and oxygen atoms in total. The Balaban J connectivity index is 2.78. The van der Waals surface area contributed by atoms with E-state index in [4.69, 9.17) is 28.9 Å². The standard InChI is InChI=1S/C10H10Cl2F2N2O/c11-6-2-1-3-7(12)8(6)9(17)16-5-10(13,14)4-15/h1-3H,4-5,15H2,(H,16,17). The highest BCUT2D eigenvalue weighted by Crippen LogP contribution is 2.24. The summed E-state index contributed by atoms with van der Waals surface area (Å²) in [6.07, 6.45) is 0. The molecule has 0 aliphatic rings. The van der Waals surface area contributed by atoms with Gasteiger partial charge in [-0.05, 0) is 12.1 Å². The third kappa shape index (κ3) is 3.80. The lowest BCUT2D eigenvalue weighted by molar-refractivity contribution is 0.0118. The minimum Gasteiger partial charge on any atom is -0.346 e. The van der Waals surface area contributed by atoms with Gasteiger partial charge in [0.2, 0.25) is 0 Å². The average molecular weight is 283 g/mol. The van der Waals surface area contributed by atoms with E-state index in [9.17, 15) is 13.6 Å². The van der Waals surface area contributed by atoms with Crippen molar-refractivity contribution in [1.82, 2.24) is 5.32 Å². The van der Waals surface area contributed by atoms with Gasteiger partial charge in [0, 0.05) is 0 Å². The number of nitrogens with two attached hydrogens (primary N) is 1. The first-order valence-corrected chi connectivity index (χ1v) is 5.43. The summed E-state index contributed by atoms with van der Waals surface area (Å²) in [7, 11) is 0. The number of rotatable bonds is 4. The van der Waals surface area contributed by atoms with Gasteiger partial charge >= 0.3 is 0 Å². The first-order valence-electron chi connectivity index (χ1n) is 4.67. The second-order valence-electron chi connectivity index (χ2n) is 3.34. The van der Waals surface area contributed by atoms with Crippen LogP contribution in [0.4, 0.5) is 8.78 Å². The van der Waals surface area contributed by atoms with Gasteiger partial charge in [-0.1, -0.05) is 29.3 Å². The van der Waals surface area contributed by atoms with E-state index in [0.29, 0.717) is 0 Å². The predicted molar refractivity (Wildman–Crippen MR) is 62.8 cm³/mol. The van der Waals surface area contributed by atoms with E-state index < -0.39 is 24.9 Å². The summed E-state index contributed by atoms with van der Waals surface area (Å²) in [5, 5.41) is 2.24. The molecule has 94 valence electrons. The highest BCUT2D eigenvalue weighted by Gasteiger charge is 2.28. The Kier molecular flexibility index (Phi) is 4.68. The second-order valence-corrected chi connectivity index (χ2v) is 4.15. The monoisotopic (exact) mass is 282 g/mol. The Morgan fingerprint density at radius 3 is 2.35 bits per heavy atom. The molecule has 0 unspecified atom stereocenters. The Morgan fingerprint density at radius 2 is 1.88 bits per heavy atom. The van der Waals surface area contributed by atoms with Crippen molar-refractivity contribution in [2.24, 2.45) is 5.73 Å². The molecule has 1 rings (SSSR count). The Labute approximate surface area is 107 Å². The number of halogens is 4. The van der Waals surface area contributed by atoms with Crippen LogP contribution in [0.2, 0.25) is 10.0 Å². The number of amides is 1. The topological polar surface area (TPSA) is 55.1 Å². The fraction of sp³-hybridized carbons (Fsp3) is 0.300. The number of carbonyl (C=O) groups excluding carboxylic acids is 1. The normalized spacial score (nSPS) is 11.4. The quantitative estimate of drug-likeness (QED) is 0.891. The van der Waals surface area contributed by atoms with Crippen LogP contribution in [0.25, 0.3) is 0 Å². The lowest BCUT2D eigenvalue weighted by Crippen LogP contribution is -2.41. The minimum atomic E-state index is -3.15. The first kappa shape index (κ1) is 14.2. The molecule has 0 spiro atoms. The summed E-state index contributed by atoms with van der Waals surface area (Å²) >= 11 is 11.5. The molecule has 0 radical (unpaired) electrons. The van der Waals surface area contributed by atoms with Gasteiger partial charge in [0.05, 0.1) is 28.7 Å². The summed E-state index contributed by atoms with van der Waals surface area (Å²) in [5.41, 5.74) is 4.81. The molecule has 0 saturated carbocycles. The van der Waals surface area contributed by atoms with Crippen LogP contribution >= 0.6 is 23.2 Å². The Morgan fingerprint density at radius 1 is 1.35 bits per heavy atom. The number of hydrogen-bond donors (Lipinski definition) is 2. The van der Waals surface area contributed by atoms with Crippen molar-refractivity contribution >= 4 is 29.1 Å². The predicted octanol–water partition coefficient (Wildman–Crippen LogP) is 2.32. The van der Waals surface area contributed by atoms with Gasteiger partial charge in [0.25, 0.3) is 11.8 Å². The lowest BCUT2D eigenvalue weighted by Gasteiger charge is -2.15. The van der Waals surface area contributed by atoms with Crippen molar-refractivity contribution in [3.05, 3.63) is 33.8 Å². The van der Waals surface area contributed by atoms with Crippen molar-refractivity contribution in [3.8, 4) is 0 Å². The molecule has 1 amide bonds. The Bertz CT molecular complexity index is 407. The maximum absolute atomic E-state index is 12.8. The van der Waals surface area contributed by atoms with Crippen molar-refractivity contribution < 1.29 is 13.6 Å². The highest BCUT2D eigenvalue weighted by molar-refractivity contribution is 6.39. The molecule has 3 N–H and O–H groups in total.